The molecule has 2 amide bonds. The lowest BCUT2D eigenvalue weighted by Crippen LogP contribution is -2.20. The summed E-state index contributed by atoms with van der Waals surface area (Å²) in [7, 11) is 0. The Morgan fingerprint density at radius 2 is 2.00 bits per heavy atom. The molecule has 1 aromatic rings. The highest BCUT2D eigenvalue weighted by molar-refractivity contribution is 6.00. The van der Waals surface area contributed by atoms with Crippen LogP contribution >= 0.6 is 0 Å². The monoisotopic (exact) mass is 289 g/mol. The standard InChI is InChI=1S/C14H15N3O4/c1-2-20-12-6-9(5-10(7-15)14(17)19)3-4-11(12)21-8-13(16)18/h3-6H,2,8H2,1H3,(H2,16,18)(H2,17,19)/b10-5+. The number of nitrogens with zero attached hydrogens (tertiary/aromatic N) is 1. The molecule has 0 bridgehead atoms. The van der Waals surface area contributed by atoms with Gasteiger partial charge in [0, 0.05) is 0 Å². The van der Waals surface area contributed by atoms with Crippen LogP contribution in [-0.4, -0.2) is 25.0 Å². The Morgan fingerprint density at radius 3 is 2.52 bits per heavy atom. The minimum atomic E-state index is -0.815. The quantitative estimate of drug-likeness (QED) is 0.552. The summed E-state index contributed by atoms with van der Waals surface area (Å²) in [6, 6.07) is 6.43. The number of carbonyl (C=O) groups excluding carboxylic acids is 2. The molecule has 1 rings (SSSR count). The van der Waals surface area contributed by atoms with Crippen molar-refractivity contribution in [1.82, 2.24) is 0 Å². The Labute approximate surface area is 121 Å². The van der Waals surface area contributed by atoms with Gasteiger partial charge < -0.3 is 20.9 Å². The summed E-state index contributed by atoms with van der Waals surface area (Å²) < 4.78 is 10.6. The third kappa shape index (κ3) is 4.87. The third-order valence-corrected chi connectivity index (χ3v) is 2.33. The number of benzene rings is 1. The number of hydrogen-bond donors (Lipinski definition) is 2. The van der Waals surface area contributed by atoms with Crippen LogP contribution in [0.25, 0.3) is 6.08 Å². The zero-order valence-corrected chi connectivity index (χ0v) is 11.5. The minimum Gasteiger partial charge on any atom is -0.490 e. The van der Waals surface area contributed by atoms with Gasteiger partial charge in [-0.15, -0.1) is 0 Å². The molecule has 0 radical (unpaired) electrons. The Balaban J connectivity index is 3.10. The first-order valence-corrected chi connectivity index (χ1v) is 6.07. The van der Waals surface area contributed by atoms with Crippen LogP contribution in [0.15, 0.2) is 23.8 Å². The summed E-state index contributed by atoms with van der Waals surface area (Å²) in [4.78, 5) is 21.7. The topological polar surface area (TPSA) is 128 Å². The second-order valence-electron chi connectivity index (χ2n) is 3.93. The van der Waals surface area contributed by atoms with Crippen molar-refractivity contribution in [1.29, 1.82) is 5.26 Å². The molecule has 0 saturated heterocycles. The van der Waals surface area contributed by atoms with Crippen LogP contribution in [-0.2, 0) is 9.59 Å². The van der Waals surface area contributed by atoms with Gasteiger partial charge in [0.1, 0.15) is 11.6 Å². The highest BCUT2D eigenvalue weighted by Crippen LogP contribution is 2.29. The van der Waals surface area contributed by atoms with Gasteiger partial charge in [0.15, 0.2) is 18.1 Å². The molecule has 0 unspecified atom stereocenters. The van der Waals surface area contributed by atoms with Crippen LogP contribution in [0.5, 0.6) is 11.5 Å². The number of nitrogens with two attached hydrogens (primary N) is 2. The van der Waals surface area contributed by atoms with Crippen molar-refractivity contribution in [3.8, 4) is 17.6 Å². The first kappa shape index (κ1) is 16.0. The van der Waals surface area contributed by atoms with Gasteiger partial charge in [-0.25, -0.2) is 0 Å². The molecule has 0 aliphatic heterocycles. The fourth-order valence-electron chi connectivity index (χ4n) is 1.48. The van der Waals surface area contributed by atoms with E-state index in [1.54, 1.807) is 31.2 Å². The molecule has 0 aromatic heterocycles. The van der Waals surface area contributed by atoms with Crippen molar-refractivity contribution in [2.75, 3.05) is 13.2 Å². The number of ether oxygens (including phenoxy) is 2. The van der Waals surface area contributed by atoms with E-state index in [2.05, 4.69) is 0 Å². The van der Waals surface area contributed by atoms with Crippen LogP contribution in [0.2, 0.25) is 0 Å². The van der Waals surface area contributed by atoms with Crippen molar-refractivity contribution in [2.45, 2.75) is 6.92 Å². The summed E-state index contributed by atoms with van der Waals surface area (Å²) in [6.07, 6.45) is 1.34. The minimum absolute atomic E-state index is 0.178. The zero-order chi connectivity index (χ0) is 15.8. The zero-order valence-electron chi connectivity index (χ0n) is 11.5. The molecule has 0 saturated carbocycles. The normalized spacial score (nSPS) is 10.6. The molecule has 21 heavy (non-hydrogen) atoms. The van der Waals surface area contributed by atoms with E-state index in [1.165, 1.54) is 6.08 Å². The molecule has 7 heteroatoms. The van der Waals surface area contributed by atoms with Gasteiger partial charge in [0.2, 0.25) is 0 Å². The van der Waals surface area contributed by atoms with Crippen molar-refractivity contribution < 1.29 is 19.1 Å². The molecular formula is C14H15N3O4. The SMILES string of the molecule is CCOc1cc(/C=C(\C#N)C(N)=O)ccc1OCC(N)=O. The predicted molar refractivity (Wildman–Crippen MR) is 75.1 cm³/mol. The molecule has 0 atom stereocenters. The van der Waals surface area contributed by atoms with Gasteiger partial charge in [-0.1, -0.05) is 6.07 Å². The molecule has 7 nitrogen and oxygen atoms in total. The summed E-state index contributed by atoms with van der Waals surface area (Å²) in [5, 5.41) is 8.80. The maximum absolute atomic E-state index is 11.0. The average molecular weight is 289 g/mol. The Hall–Kier alpha value is -3.01. The lowest BCUT2D eigenvalue weighted by Gasteiger charge is -2.11. The van der Waals surface area contributed by atoms with Gasteiger partial charge in [-0.05, 0) is 30.7 Å². The second-order valence-corrected chi connectivity index (χ2v) is 3.93. The smallest absolute Gasteiger partial charge is 0.259 e. The molecule has 0 spiro atoms. The molecule has 0 fully saturated rings. The third-order valence-electron chi connectivity index (χ3n) is 2.33. The van der Waals surface area contributed by atoms with Gasteiger partial charge in [0.05, 0.1) is 6.61 Å². The number of primary amides is 2. The van der Waals surface area contributed by atoms with E-state index in [0.717, 1.165) is 0 Å². The Morgan fingerprint density at radius 1 is 1.29 bits per heavy atom. The number of nitriles is 1. The van der Waals surface area contributed by atoms with E-state index in [9.17, 15) is 9.59 Å². The van der Waals surface area contributed by atoms with Crippen molar-refractivity contribution >= 4 is 17.9 Å². The molecule has 110 valence electrons. The summed E-state index contributed by atoms with van der Waals surface area (Å²) in [5.74, 6) is -0.717. The summed E-state index contributed by atoms with van der Waals surface area (Å²) >= 11 is 0. The first-order valence-electron chi connectivity index (χ1n) is 6.07. The molecular weight excluding hydrogens is 274 g/mol. The maximum Gasteiger partial charge on any atom is 0.259 e. The number of amides is 2. The van der Waals surface area contributed by atoms with Crippen molar-refractivity contribution in [3.63, 3.8) is 0 Å². The molecule has 0 aliphatic carbocycles. The Kier molecular flexibility index (Phi) is 5.77. The van der Waals surface area contributed by atoms with Gasteiger partial charge in [-0.3, -0.25) is 9.59 Å². The van der Waals surface area contributed by atoms with Crippen molar-refractivity contribution in [2.24, 2.45) is 11.5 Å². The summed E-state index contributed by atoms with van der Waals surface area (Å²) in [6.45, 7) is 1.88. The van der Waals surface area contributed by atoms with Crippen LogP contribution < -0.4 is 20.9 Å². The van der Waals surface area contributed by atoms with E-state index in [1.807, 2.05) is 0 Å². The van der Waals surface area contributed by atoms with E-state index >= 15 is 0 Å². The lowest BCUT2D eigenvalue weighted by molar-refractivity contribution is -0.120. The fraction of sp³-hybridized carbons (Fsp3) is 0.214. The van der Waals surface area contributed by atoms with E-state index in [4.69, 9.17) is 26.2 Å². The highest BCUT2D eigenvalue weighted by atomic mass is 16.5. The predicted octanol–water partition coefficient (Wildman–Crippen LogP) is 0.342. The van der Waals surface area contributed by atoms with Crippen LogP contribution in [0.1, 0.15) is 12.5 Å². The average Bonchev–Trinajstić information content (AvgIpc) is 2.43. The van der Waals surface area contributed by atoms with Crippen molar-refractivity contribution in [3.05, 3.63) is 29.3 Å². The Bertz CT molecular complexity index is 617. The summed E-state index contributed by atoms with van der Waals surface area (Å²) in [5.41, 5.74) is 10.4. The van der Waals surface area contributed by atoms with E-state index in [0.29, 0.717) is 23.7 Å². The second kappa shape index (κ2) is 7.55. The largest absolute Gasteiger partial charge is 0.490 e. The lowest BCUT2D eigenvalue weighted by atomic mass is 10.1. The number of rotatable bonds is 7. The number of carbonyl (C=O) groups is 2. The van der Waals surface area contributed by atoms with E-state index in [-0.39, 0.29) is 12.2 Å². The van der Waals surface area contributed by atoms with Crippen LogP contribution in [0.3, 0.4) is 0 Å². The van der Waals surface area contributed by atoms with E-state index < -0.39 is 11.8 Å². The molecule has 0 aliphatic rings. The maximum atomic E-state index is 11.0. The van der Waals surface area contributed by atoms with Gasteiger partial charge in [0.25, 0.3) is 11.8 Å². The first-order chi connectivity index (χ1) is 9.97. The van der Waals surface area contributed by atoms with Crippen LogP contribution in [0.4, 0.5) is 0 Å². The molecule has 4 N–H and O–H groups in total. The van der Waals surface area contributed by atoms with Crippen LogP contribution in [0, 0.1) is 11.3 Å². The fourth-order valence-corrected chi connectivity index (χ4v) is 1.48. The highest BCUT2D eigenvalue weighted by Gasteiger charge is 2.09. The molecule has 1 aromatic carbocycles. The van der Waals surface area contributed by atoms with Gasteiger partial charge >= 0.3 is 0 Å². The molecule has 0 heterocycles. The van der Waals surface area contributed by atoms with Gasteiger partial charge in [-0.2, -0.15) is 5.26 Å². The number of hydrogen-bond acceptors (Lipinski definition) is 5.